The van der Waals surface area contributed by atoms with E-state index in [0.29, 0.717) is 0 Å². The summed E-state index contributed by atoms with van der Waals surface area (Å²) in [5.74, 6) is 0. The highest BCUT2D eigenvalue weighted by molar-refractivity contribution is 5.33. The van der Waals surface area contributed by atoms with Crippen LogP contribution < -0.4 is 5.73 Å². The second-order valence-electron chi connectivity index (χ2n) is 7.00. The fourth-order valence-electron chi connectivity index (χ4n) is 2.69. The third-order valence-electron chi connectivity index (χ3n) is 4.32. The quantitative estimate of drug-likeness (QED) is 0.856. The molecule has 0 aliphatic rings. The van der Waals surface area contributed by atoms with E-state index >= 15 is 0 Å². The maximum absolute atomic E-state index is 6.71. The Balaban J connectivity index is 2.28. The van der Waals surface area contributed by atoms with Gasteiger partial charge in [0.25, 0.3) is 0 Å². The number of hydrogen-bond donors (Lipinski definition) is 1. The van der Waals surface area contributed by atoms with Gasteiger partial charge in [-0.1, -0.05) is 82.3 Å². The molecule has 1 heteroatoms. The van der Waals surface area contributed by atoms with Gasteiger partial charge in [0, 0.05) is 5.54 Å². The summed E-state index contributed by atoms with van der Waals surface area (Å²) in [5.41, 5.74) is 10.5. The lowest BCUT2D eigenvalue weighted by Crippen LogP contribution is -2.38. The van der Waals surface area contributed by atoms with Crippen LogP contribution in [0.1, 0.15) is 50.8 Å². The molecule has 1 nitrogen and oxygen atoms in total. The first-order valence-corrected chi connectivity index (χ1v) is 7.79. The molecule has 2 aromatic carbocycles. The average Bonchev–Trinajstić information content (AvgIpc) is 2.47. The molecule has 0 amide bonds. The van der Waals surface area contributed by atoms with Crippen molar-refractivity contribution in [3.8, 4) is 0 Å². The van der Waals surface area contributed by atoms with E-state index in [1.54, 1.807) is 0 Å². The number of rotatable bonds is 4. The molecule has 1 unspecified atom stereocenters. The molecule has 0 bridgehead atoms. The summed E-state index contributed by atoms with van der Waals surface area (Å²) in [7, 11) is 0. The molecule has 112 valence electrons. The number of benzene rings is 2. The molecule has 0 aliphatic carbocycles. The smallest absolute Gasteiger partial charge is 0.0447 e. The monoisotopic (exact) mass is 281 g/mol. The van der Waals surface area contributed by atoms with Gasteiger partial charge in [-0.2, -0.15) is 0 Å². The fraction of sp³-hybridized carbons (Fsp3) is 0.400. The average molecular weight is 281 g/mol. The number of hydrogen-bond acceptors (Lipinski definition) is 1. The highest BCUT2D eigenvalue weighted by Gasteiger charge is 2.26. The molecule has 0 spiro atoms. The highest BCUT2D eigenvalue weighted by atomic mass is 14.7. The summed E-state index contributed by atoms with van der Waals surface area (Å²) >= 11 is 0. The van der Waals surface area contributed by atoms with Gasteiger partial charge in [0.2, 0.25) is 0 Å². The van der Waals surface area contributed by atoms with Crippen LogP contribution in [0.2, 0.25) is 0 Å². The van der Waals surface area contributed by atoms with Crippen molar-refractivity contribution in [1.82, 2.24) is 0 Å². The van der Waals surface area contributed by atoms with E-state index in [1.165, 1.54) is 16.7 Å². The molecule has 0 heterocycles. The minimum absolute atomic E-state index is 0.182. The van der Waals surface area contributed by atoms with Crippen molar-refractivity contribution in [2.75, 3.05) is 0 Å². The predicted molar refractivity (Wildman–Crippen MR) is 91.4 cm³/mol. The van der Waals surface area contributed by atoms with Crippen molar-refractivity contribution in [2.24, 2.45) is 5.73 Å². The molecular weight excluding hydrogens is 254 g/mol. The zero-order valence-electron chi connectivity index (χ0n) is 13.7. The first kappa shape index (κ1) is 15.8. The van der Waals surface area contributed by atoms with Gasteiger partial charge in [0.05, 0.1) is 0 Å². The molecular formula is C20H27N. The van der Waals surface area contributed by atoms with Crippen LogP contribution in [0.5, 0.6) is 0 Å². The first-order valence-electron chi connectivity index (χ1n) is 7.79. The summed E-state index contributed by atoms with van der Waals surface area (Å²) in [4.78, 5) is 0. The standard InChI is InChI=1S/C20H27N/c1-5-20(21,15-16-9-7-6-8-10-16)18-13-11-17(12-14-18)19(2,3)4/h6-14H,5,15,21H2,1-4H3. The summed E-state index contributed by atoms with van der Waals surface area (Å²) in [5, 5.41) is 0. The van der Waals surface area contributed by atoms with Crippen LogP contribution in [0.25, 0.3) is 0 Å². The van der Waals surface area contributed by atoms with E-state index in [-0.39, 0.29) is 11.0 Å². The second kappa shape index (κ2) is 6.03. The highest BCUT2D eigenvalue weighted by Crippen LogP contribution is 2.29. The molecule has 2 N–H and O–H groups in total. The molecule has 2 rings (SSSR count). The van der Waals surface area contributed by atoms with Gasteiger partial charge < -0.3 is 5.73 Å². The van der Waals surface area contributed by atoms with Gasteiger partial charge in [-0.05, 0) is 34.9 Å². The maximum atomic E-state index is 6.71. The maximum Gasteiger partial charge on any atom is 0.0447 e. The SMILES string of the molecule is CCC(N)(Cc1ccccc1)c1ccc(C(C)(C)C)cc1. The second-order valence-corrected chi connectivity index (χ2v) is 7.00. The fourth-order valence-corrected chi connectivity index (χ4v) is 2.69. The lowest BCUT2D eigenvalue weighted by molar-refractivity contribution is 0.424. The first-order chi connectivity index (χ1) is 9.85. The summed E-state index contributed by atoms with van der Waals surface area (Å²) in [6, 6.07) is 19.4. The van der Waals surface area contributed by atoms with Gasteiger partial charge in [-0.15, -0.1) is 0 Å². The zero-order valence-corrected chi connectivity index (χ0v) is 13.7. The van der Waals surface area contributed by atoms with Crippen molar-refractivity contribution in [2.45, 2.75) is 51.5 Å². The van der Waals surface area contributed by atoms with Crippen molar-refractivity contribution in [3.05, 3.63) is 71.3 Å². The Bertz CT molecular complexity index is 563. The van der Waals surface area contributed by atoms with Crippen LogP contribution >= 0.6 is 0 Å². The molecule has 0 aromatic heterocycles. The van der Waals surface area contributed by atoms with E-state index in [2.05, 4.69) is 76.2 Å². The van der Waals surface area contributed by atoms with Gasteiger partial charge in [-0.3, -0.25) is 0 Å². The molecule has 0 radical (unpaired) electrons. The third kappa shape index (κ3) is 3.74. The normalized spacial score (nSPS) is 14.7. The Hall–Kier alpha value is -1.60. The topological polar surface area (TPSA) is 26.0 Å². The van der Waals surface area contributed by atoms with Crippen molar-refractivity contribution < 1.29 is 0 Å². The van der Waals surface area contributed by atoms with Gasteiger partial charge >= 0.3 is 0 Å². The predicted octanol–water partition coefficient (Wildman–Crippen LogP) is 4.79. The van der Waals surface area contributed by atoms with Crippen LogP contribution in [0, 0.1) is 0 Å². The largest absolute Gasteiger partial charge is 0.321 e. The third-order valence-corrected chi connectivity index (χ3v) is 4.32. The van der Waals surface area contributed by atoms with Crippen LogP contribution in [0.3, 0.4) is 0 Å². The Kier molecular flexibility index (Phi) is 4.53. The molecule has 2 aromatic rings. The van der Waals surface area contributed by atoms with Crippen molar-refractivity contribution in [3.63, 3.8) is 0 Å². The Morgan fingerprint density at radius 1 is 0.810 bits per heavy atom. The Labute approximate surface area is 129 Å². The van der Waals surface area contributed by atoms with Gasteiger partial charge in [0.1, 0.15) is 0 Å². The molecule has 21 heavy (non-hydrogen) atoms. The Morgan fingerprint density at radius 2 is 1.33 bits per heavy atom. The van der Waals surface area contributed by atoms with Gasteiger partial charge in [-0.25, -0.2) is 0 Å². The lowest BCUT2D eigenvalue weighted by Gasteiger charge is -2.30. The number of nitrogens with two attached hydrogens (primary N) is 1. The van der Waals surface area contributed by atoms with Crippen molar-refractivity contribution >= 4 is 0 Å². The van der Waals surface area contributed by atoms with Crippen LogP contribution in [0.15, 0.2) is 54.6 Å². The van der Waals surface area contributed by atoms with E-state index in [1.807, 2.05) is 6.07 Å². The van der Waals surface area contributed by atoms with E-state index < -0.39 is 0 Å². The molecule has 0 saturated carbocycles. The molecule has 0 aliphatic heterocycles. The summed E-state index contributed by atoms with van der Waals surface area (Å²) < 4.78 is 0. The van der Waals surface area contributed by atoms with Gasteiger partial charge in [0.15, 0.2) is 0 Å². The summed E-state index contributed by atoms with van der Waals surface area (Å²) in [6.45, 7) is 8.88. The summed E-state index contributed by atoms with van der Waals surface area (Å²) in [6.07, 6.45) is 1.80. The minimum Gasteiger partial charge on any atom is -0.321 e. The molecule has 0 fully saturated rings. The lowest BCUT2D eigenvalue weighted by atomic mass is 9.80. The van der Waals surface area contributed by atoms with Crippen molar-refractivity contribution in [1.29, 1.82) is 0 Å². The minimum atomic E-state index is -0.294. The Morgan fingerprint density at radius 3 is 1.81 bits per heavy atom. The van der Waals surface area contributed by atoms with E-state index in [0.717, 1.165) is 12.8 Å². The zero-order chi connectivity index (χ0) is 15.5. The van der Waals surface area contributed by atoms with Crippen LogP contribution in [-0.4, -0.2) is 0 Å². The molecule has 0 saturated heterocycles. The van der Waals surface area contributed by atoms with Crippen LogP contribution in [-0.2, 0) is 17.4 Å². The van der Waals surface area contributed by atoms with Crippen LogP contribution in [0.4, 0.5) is 0 Å². The molecule has 1 atom stereocenters. The van der Waals surface area contributed by atoms with E-state index in [9.17, 15) is 0 Å². The van der Waals surface area contributed by atoms with E-state index in [4.69, 9.17) is 5.73 Å².